The second-order valence-electron chi connectivity index (χ2n) is 7.39. The fourth-order valence-corrected chi connectivity index (χ4v) is 3.94. The van der Waals surface area contributed by atoms with Crippen molar-refractivity contribution < 1.29 is 9.21 Å². The molecular weight excluding hydrogens is 350 g/mol. The standard InChI is InChI=1S/C23H25N3O2/c1-3-26(20-9-4-5-10-20)23(27)18-13-11-17(12-14-18)21-24-25-22(28-21)19-8-6-7-16(2)15-19/h6-8,11-15,20H,3-5,9-10H2,1-2H3. The first kappa shape index (κ1) is 18.4. The topological polar surface area (TPSA) is 59.2 Å². The maximum Gasteiger partial charge on any atom is 0.254 e. The van der Waals surface area contributed by atoms with Gasteiger partial charge in [0.1, 0.15) is 0 Å². The molecular formula is C23H25N3O2. The molecule has 1 aromatic heterocycles. The molecule has 0 radical (unpaired) electrons. The van der Waals surface area contributed by atoms with Crippen molar-refractivity contribution in [2.75, 3.05) is 6.54 Å². The van der Waals surface area contributed by atoms with E-state index in [1.54, 1.807) is 0 Å². The van der Waals surface area contributed by atoms with Crippen LogP contribution >= 0.6 is 0 Å². The lowest BCUT2D eigenvalue weighted by Crippen LogP contribution is -2.38. The molecule has 0 unspecified atom stereocenters. The molecule has 144 valence electrons. The van der Waals surface area contributed by atoms with Crippen molar-refractivity contribution in [3.05, 3.63) is 59.7 Å². The van der Waals surface area contributed by atoms with Gasteiger partial charge in [0.05, 0.1) is 0 Å². The van der Waals surface area contributed by atoms with Gasteiger partial charge in [-0.25, -0.2) is 0 Å². The fourth-order valence-electron chi connectivity index (χ4n) is 3.94. The molecule has 3 aromatic rings. The van der Waals surface area contributed by atoms with Crippen LogP contribution in [0.25, 0.3) is 22.9 Å². The van der Waals surface area contributed by atoms with Crippen LogP contribution in [-0.4, -0.2) is 33.6 Å². The molecule has 0 aliphatic heterocycles. The van der Waals surface area contributed by atoms with E-state index in [-0.39, 0.29) is 5.91 Å². The highest BCUT2D eigenvalue weighted by Crippen LogP contribution is 2.27. The number of benzene rings is 2. The van der Waals surface area contributed by atoms with E-state index in [4.69, 9.17) is 4.42 Å². The average molecular weight is 375 g/mol. The predicted octanol–water partition coefficient (Wildman–Crippen LogP) is 5.12. The van der Waals surface area contributed by atoms with Crippen molar-refractivity contribution in [3.63, 3.8) is 0 Å². The molecule has 5 nitrogen and oxygen atoms in total. The molecule has 0 N–H and O–H groups in total. The Morgan fingerprint density at radius 2 is 1.71 bits per heavy atom. The number of carbonyl (C=O) groups is 1. The molecule has 1 heterocycles. The van der Waals surface area contributed by atoms with Gasteiger partial charge in [0, 0.05) is 29.3 Å². The van der Waals surface area contributed by atoms with Crippen LogP contribution < -0.4 is 0 Å². The van der Waals surface area contributed by atoms with E-state index in [9.17, 15) is 4.79 Å². The summed E-state index contributed by atoms with van der Waals surface area (Å²) in [5.41, 5.74) is 3.56. The van der Waals surface area contributed by atoms with Crippen LogP contribution in [0.4, 0.5) is 0 Å². The van der Waals surface area contributed by atoms with E-state index < -0.39 is 0 Å². The molecule has 4 rings (SSSR count). The molecule has 0 bridgehead atoms. The van der Waals surface area contributed by atoms with Crippen molar-refractivity contribution in [1.82, 2.24) is 15.1 Å². The van der Waals surface area contributed by atoms with Crippen LogP contribution in [0.5, 0.6) is 0 Å². The molecule has 5 heteroatoms. The monoisotopic (exact) mass is 375 g/mol. The largest absolute Gasteiger partial charge is 0.416 e. The SMILES string of the molecule is CCN(C(=O)c1ccc(-c2nnc(-c3cccc(C)c3)o2)cc1)C1CCCC1. The van der Waals surface area contributed by atoms with E-state index in [1.165, 1.54) is 12.8 Å². The summed E-state index contributed by atoms with van der Waals surface area (Å²) in [7, 11) is 0. The Morgan fingerprint density at radius 3 is 2.36 bits per heavy atom. The summed E-state index contributed by atoms with van der Waals surface area (Å²) in [5, 5.41) is 8.33. The van der Waals surface area contributed by atoms with E-state index in [2.05, 4.69) is 17.1 Å². The molecule has 0 saturated heterocycles. The van der Waals surface area contributed by atoms with Gasteiger partial charge in [-0.1, -0.05) is 30.5 Å². The molecule has 1 fully saturated rings. The van der Waals surface area contributed by atoms with Crippen LogP contribution in [0.2, 0.25) is 0 Å². The zero-order valence-electron chi connectivity index (χ0n) is 16.4. The Hall–Kier alpha value is -2.95. The number of aryl methyl sites for hydroxylation is 1. The van der Waals surface area contributed by atoms with Crippen molar-refractivity contribution >= 4 is 5.91 Å². The Kier molecular flexibility index (Phi) is 5.24. The molecule has 2 aromatic carbocycles. The summed E-state index contributed by atoms with van der Waals surface area (Å²) in [5.74, 6) is 1.06. The first-order valence-electron chi connectivity index (χ1n) is 9.97. The van der Waals surface area contributed by atoms with E-state index in [0.717, 1.165) is 36.1 Å². The van der Waals surface area contributed by atoms with E-state index >= 15 is 0 Å². The number of hydrogen-bond acceptors (Lipinski definition) is 4. The Balaban J connectivity index is 1.52. The lowest BCUT2D eigenvalue weighted by Gasteiger charge is -2.27. The van der Waals surface area contributed by atoms with Crippen molar-refractivity contribution in [3.8, 4) is 22.9 Å². The maximum atomic E-state index is 12.9. The van der Waals surface area contributed by atoms with Crippen molar-refractivity contribution in [2.45, 2.75) is 45.6 Å². The Bertz CT molecular complexity index is 956. The number of rotatable bonds is 5. The van der Waals surface area contributed by atoms with Gasteiger partial charge in [-0.2, -0.15) is 0 Å². The lowest BCUT2D eigenvalue weighted by molar-refractivity contribution is 0.0693. The van der Waals surface area contributed by atoms with Gasteiger partial charge in [-0.3, -0.25) is 4.79 Å². The summed E-state index contributed by atoms with van der Waals surface area (Å²) >= 11 is 0. The Morgan fingerprint density at radius 1 is 1.04 bits per heavy atom. The Labute approximate surface area is 165 Å². The molecule has 1 amide bonds. The second kappa shape index (κ2) is 7.97. The summed E-state index contributed by atoms with van der Waals surface area (Å²) in [6.07, 6.45) is 4.66. The average Bonchev–Trinajstić information content (AvgIpc) is 3.41. The maximum absolute atomic E-state index is 12.9. The third kappa shape index (κ3) is 3.70. The summed E-state index contributed by atoms with van der Waals surface area (Å²) in [6, 6.07) is 15.8. The van der Waals surface area contributed by atoms with Crippen molar-refractivity contribution in [2.24, 2.45) is 0 Å². The zero-order chi connectivity index (χ0) is 19.5. The normalized spacial score (nSPS) is 14.4. The highest BCUT2D eigenvalue weighted by molar-refractivity contribution is 5.94. The molecule has 0 spiro atoms. The van der Waals surface area contributed by atoms with Gasteiger partial charge in [0.25, 0.3) is 5.91 Å². The minimum atomic E-state index is 0.104. The quantitative estimate of drug-likeness (QED) is 0.621. The smallest absolute Gasteiger partial charge is 0.254 e. The van der Waals surface area contributed by atoms with Crippen LogP contribution in [0.15, 0.2) is 52.9 Å². The second-order valence-corrected chi connectivity index (χ2v) is 7.39. The summed E-state index contributed by atoms with van der Waals surface area (Å²) in [6.45, 7) is 4.83. The molecule has 1 aliphatic rings. The number of carbonyl (C=O) groups excluding carboxylic acids is 1. The minimum absolute atomic E-state index is 0.104. The van der Waals surface area contributed by atoms with Crippen LogP contribution in [0.1, 0.15) is 48.5 Å². The first-order valence-corrected chi connectivity index (χ1v) is 9.97. The van der Waals surface area contributed by atoms with Gasteiger partial charge in [0.15, 0.2) is 0 Å². The van der Waals surface area contributed by atoms with E-state index in [1.807, 2.05) is 60.4 Å². The number of aromatic nitrogens is 2. The highest BCUT2D eigenvalue weighted by Gasteiger charge is 2.26. The number of nitrogens with zero attached hydrogens (tertiary/aromatic N) is 3. The zero-order valence-corrected chi connectivity index (χ0v) is 16.4. The third-order valence-corrected chi connectivity index (χ3v) is 5.44. The third-order valence-electron chi connectivity index (χ3n) is 5.44. The van der Waals surface area contributed by atoms with Crippen LogP contribution in [-0.2, 0) is 0 Å². The number of hydrogen-bond donors (Lipinski definition) is 0. The molecule has 28 heavy (non-hydrogen) atoms. The van der Waals surface area contributed by atoms with Gasteiger partial charge < -0.3 is 9.32 Å². The van der Waals surface area contributed by atoms with Crippen molar-refractivity contribution in [1.29, 1.82) is 0 Å². The van der Waals surface area contributed by atoms with Gasteiger partial charge >= 0.3 is 0 Å². The van der Waals surface area contributed by atoms with Crippen LogP contribution in [0.3, 0.4) is 0 Å². The van der Waals surface area contributed by atoms with Gasteiger partial charge in [-0.15, -0.1) is 10.2 Å². The lowest BCUT2D eigenvalue weighted by atomic mass is 10.1. The first-order chi connectivity index (χ1) is 13.7. The van der Waals surface area contributed by atoms with Crippen LogP contribution in [0, 0.1) is 6.92 Å². The highest BCUT2D eigenvalue weighted by atomic mass is 16.4. The number of amides is 1. The molecule has 0 atom stereocenters. The fraction of sp³-hybridized carbons (Fsp3) is 0.348. The summed E-state index contributed by atoms with van der Waals surface area (Å²) < 4.78 is 5.84. The van der Waals surface area contributed by atoms with E-state index in [0.29, 0.717) is 23.4 Å². The van der Waals surface area contributed by atoms with Gasteiger partial charge in [-0.05, 0) is 63.1 Å². The molecule has 1 saturated carbocycles. The van der Waals surface area contributed by atoms with Gasteiger partial charge in [0.2, 0.25) is 11.8 Å². The molecule has 1 aliphatic carbocycles. The summed E-state index contributed by atoms with van der Waals surface area (Å²) in [4.78, 5) is 14.9. The predicted molar refractivity (Wildman–Crippen MR) is 109 cm³/mol. The minimum Gasteiger partial charge on any atom is -0.416 e.